The number of halogens is 1. The number of amidine groups is 1. The molecule has 0 unspecified atom stereocenters. The Morgan fingerprint density at radius 1 is 1.20 bits per heavy atom. The second kappa shape index (κ2) is 7.58. The highest BCUT2D eigenvalue weighted by atomic mass is 79.9. The van der Waals surface area contributed by atoms with E-state index < -0.39 is 0 Å². The van der Waals surface area contributed by atoms with Crippen LogP contribution in [0.2, 0.25) is 0 Å². The summed E-state index contributed by atoms with van der Waals surface area (Å²) in [6, 6.07) is 14.1. The highest BCUT2D eigenvalue weighted by Crippen LogP contribution is 2.35. The van der Waals surface area contributed by atoms with E-state index in [2.05, 4.69) is 34.1 Å². The van der Waals surface area contributed by atoms with E-state index in [1.807, 2.05) is 51.1 Å². The fourth-order valence-corrected chi connectivity index (χ4v) is 4.03. The van der Waals surface area contributed by atoms with Gasteiger partial charge in [-0.25, -0.2) is 4.99 Å². The molecule has 0 saturated carbocycles. The Hall–Kier alpha value is -1.85. The smallest absolute Gasteiger partial charge is 0.266 e. The maximum absolute atomic E-state index is 12.7. The van der Waals surface area contributed by atoms with E-state index >= 15 is 0 Å². The van der Waals surface area contributed by atoms with E-state index in [-0.39, 0.29) is 5.91 Å². The van der Waals surface area contributed by atoms with E-state index in [0.29, 0.717) is 11.4 Å². The molecule has 3 rings (SSSR count). The van der Waals surface area contributed by atoms with Crippen LogP contribution >= 0.6 is 27.7 Å². The van der Waals surface area contributed by atoms with Crippen LogP contribution in [0.1, 0.15) is 23.6 Å². The van der Waals surface area contributed by atoms with Gasteiger partial charge in [0, 0.05) is 11.0 Å². The fourth-order valence-electron chi connectivity index (χ4n) is 2.56. The minimum absolute atomic E-state index is 0.0107. The number of hydrogen-bond donors (Lipinski definition) is 0. The first-order chi connectivity index (χ1) is 12.0. The largest absolute Gasteiger partial charge is 0.287 e. The van der Waals surface area contributed by atoms with Crippen molar-refractivity contribution in [3.05, 3.63) is 68.5 Å². The van der Waals surface area contributed by atoms with Gasteiger partial charge < -0.3 is 0 Å². The summed E-state index contributed by atoms with van der Waals surface area (Å²) in [5.41, 5.74) is 4.17. The summed E-state index contributed by atoms with van der Waals surface area (Å²) in [6.45, 7) is 6.66. The van der Waals surface area contributed by atoms with Crippen LogP contribution in [0, 0.1) is 13.8 Å². The van der Waals surface area contributed by atoms with Crippen LogP contribution in [-0.2, 0) is 4.79 Å². The van der Waals surface area contributed by atoms with E-state index in [4.69, 9.17) is 4.99 Å². The van der Waals surface area contributed by atoms with E-state index in [1.54, 1.807) is 4.90 Å². The van der Waals surface area contributed by atoms with Crippen molar-refractivity contribution in [2.75, 3.05) is 6.54 Å². The predicted molar refractivity (Wildman–Crippen MR) is 110 cm³/mol. The molecule has 5 heteroatoms. The minimum Gasteiger partial charge on any atom is -0.287 e. The fraction of sp³-hybridized carbons (Fsp3) is 0.200. The number of aliphatic imine (C=N–C) groups is 1. The maximum Gasteiger partial charge on any atom is 0.266 e. The molecule has 1 heterocycles. The highest BCUT2D eigenvalue weighted by molar-refractivity contribution is 9.10. The number of benzene rings is 2. The van der Waals surface area contributed by atoms with Crippen LogP contribution in [0.25, 0.3) is 6.08 Å². The van der Waals surface area contributed by atoms with Crippen LogP contribution in [-0.4, -0.2) is 22.5 Å². The third kappa shape index (κ3) is 4.05. The zero-order chi connectivity index (χ0) is 18.0. The Labute approximate surface area is 161 Å². The summed E-state index contributed by atoms with van der Waals surface area (Å²) in [7, 11) is 0. The molecule has 2 aromatic rings. The maximum atomic E-state index is 12.7. The molecule has 0 radical (unpaired) electrons. The van der Waals surface area contributed by atoms with Crippen LogP contribution in [0.3, 0.4) is 0 Å². The SMILES string of the molecule is CCN1C(=O)/C(=C\c2cccc(Br)c2)SC1=Nc1cc(C)ccc1C. The molecule has 1 saturated heterocycles. The average Bonchev–Trinajstić information content (AvgIpc) is 2.86. The summed E-state index contributed by atoms with van der Waals surface area (Å²) >= 11 is 4.90. The summed E-state index contributed by atoms with van der Waals surface area (Å²) in [5.74, 6) is 0.0107. The van der Waals surface area contributed by atoms with Gasteiger partial charge in [-0.15, -0.1) is 0 Å². The lowest BCUT2D eigenvalue weighted by Gasteiger charge is -2.12. The zero-order valence-corrected chi connectivity index (χ0v) is 16.8. The topological polar surface area (TPSA) is 32.7 Å². The number of amides is 1. The van der Waals surface area contributed by atoms with Crippen LogP contribution in [0.4, 0.5) is 5.69 Å². The van der Waals surface area contributed by atoms with Crippen LogP contribution < -0.4 is 0 Å². The molecule has 1 aliphatic rings. The van der Waals surface area contributed by atoms with Gasteiger partial charge in [-0.3, -0.25) is 9.69 Å². The molecular weight excluding hydrogens is 396 g/mol. The van der Waals surface area contributed by atoms with Crippen molar-refractivity contribution >= 4 is 50.5 Å². The van der Waals surface area contributed by atoms with Gasteiger partial charge in [0.05, 0.1) is 10.6 Å². The first-order valence-electron chi connectivity index (χ1n) is 8.11. The first-order valence-corrected chi connectivity index (χ1v) is 9.72. The molecule has 0 aromatic heterocycles. The lowest BCUT2D eigenvalue weighted by Crippen LogP contribution is -2.28. The van der Waals surface area contributed by atoms with E-state index in [9.17, 15) is 4.79 Å². The minimum atomic E-state index is 0.0107. The van der Waals surface area contributed by atoms with Gasteiger partial charge in [0.25, 0.3) is 5.91 Å². The van der Waals surface area contributed by atoms with Gasteiger partial charge in [-0.1, -0.05) is 40.2 Å². The molecule has 128 valence electrons. The monoisotopic (exact) mass is 414 g/mol. The number of rotatable bonds is 3. The molecule has 1 amide bonds. The van der Waals surface area contributed by atoms with Gasteiger partial charge in [0.1, 0.15) is 0 Å². The summed E-state index contributed by atoms with van der Waals surface area (Å²) in [6.07, 6.45) is 1.92. The Morgan fingerprint density at radius 2 is 2.00 bits per heavy atom. The van der Waals surface area contributed by atoms with Gasteiger partial charge in [-0.2, -0.15) is 0 Å². The molecule has 2 aromatic carbocycles. The number of thioether (sulfide) groups is 1. The van der Waals surface area contributed by atoms with Crippen molar-refractivity contribution in [1.29, 1.82) is 0 Å². The van der Waals surface area contributed by atoms with Gasteiger partial charge >= 0.3 is 0 Å². The van der Waals surface area contributed by atoms with E-state index in [1.165, 1.54) is 11.8 Å². The normalized spacial score (nSPS) is 17.8. The second-order valence-electron chi connectivity index (χ2n) is 5.90. The number of carbonyl (C=O) groups excluding carboxylic acids is 1. The Kier molecular flexibility index (Phi) is 5.45. The number of hydrogen-bond acceptors (Lipinski definition) is 3. The standard InChI is InChI=1S/C20H19BrN2OS/c1-4-23-19(24)18(12-15-6-5-7-16(21)11-15)25-20(23)22-17-10-13(2)8-9-14(17)3/h5-12H,4H2,1-3H3/b18-12+,22-20?. The van der Waals surface area contributed by atoms with Crippen molar-refractivity contribution in [3.8, 4) is 0 Å². The van der Waals surface area contributed by atoms with Gasteiger partial charge in [0.2, 0.25) is 0 Å². The Balaban J connectivity index is 1.98. The molecule has 3 nitrogen and oxygen atoms in total. The quantitative estimate of drug-likeness (QED) is 0.604. The molecule has 1 aliphatic heterocycles. The first kappa shape index (κ1) is 18.0. The van der Waals surface area contributed by atoms with Gasteiger partial charge in [0.15, 0.2) is 5.17 Å². The lowest BCUT2D eigenvalue weighted by molar-refractivity contribution is -0.122. The molecular formula is C20H19BrN2OS. The van der Waals surface area contributed by atoms with Crippen molar-refractivity contribution in [2.24, 2.45) is 4.99 Å². The third-order valence-corrected chi connectivity index (χ3v) is 5.43. The lowest BCUT2D eigenvalue weighted by atomic mass is 10.1. The van der Waals surface area contributed by atoms with Crippen LogP contribution in [0.15, 0.2) is 56.8 Å². The molecule has 0 aliphatic carbocycles. The molecule has 0 atom stereocenters. The number of carbonyl (C=O) groups is 1. The number of nitrogens with zero attached hydrogens (tertiary/aromatic N) is 2. The van der Waals surface area contributed by atoms with Gasteiger partial charge in [-0.05, 0) is 73.5 Å². The third-order valence-electron chi connectivity index (χ3n) is 3.93. The molecule has 0 spiro atoms. The number of likely N-dealkylation sites (N-methyl/N-ethyl adjacent to an activating group) is 1. The average molecular weight is 415 g/mol. The van der Waals surface area contributed by atoms with E-state index in [0.717, 1.165) is 32.0 Å². The Bertz CT molecular complexity index is 889. The van der Waals surface area contributed by atoms with Crippen molar-refractivity contribution in [1.82, 2.24) is 4.90 Å². The number of aryl methyl sites for hydroxylation is 2. The summed E-state index contributed by atoms with van der Waals surface area (Å²) in [5, 5.41) is 0.738. The molecule has 0 bridgehead atoms. The zero-order valence-electron chi connectivity index (χ0n) is 14.4. The molecule has 1 fully saturated rings. The van der Waals surface area contributed by atoms with Crippen molar-refractivity contribution in [2.45, 2.75) is 20.8 Å². The highest BCUT2D eigenvalue weighted by Gasteiger charge is 2.32. The Morgan fingerprint density at radius 3 is 2.72 bits per heavy atom. The predicted octanol–water partition coefficient (Wildman–Crippen LogP) is 5.69. The summed E-state index contributed by atoms with van der Waals surface area (Å²) in [4.78, 5) is 19.9. The van der Waals surface area contributed by atoms with Crippen LogP contribution in [0.5, 0.6) is 0 Å². The summed E-state index contributed by atoms with van der Waals surface area (Å²) < 4.78 is 0.994. The molecule has 25 heavy (non-hydrogen) atoms. The second-order valence-corrected chi connectivity index (χ2v) is 7.82. The van der Waals surface area contributed by atoms with Crippen molar-refractivity contribution in [3.63, 3.8) is 0 Å². The molecule has 0 N–H and O–H groups in total. The van der Waals surface area contributed by atoms with Crippen molar-refractivity contribution < 1.29 is 4.79 Å².